The minimum Gasteiger partial charge on any atom is -0.497 e. The number of hydrogen-bond donors (Lipinski definition) is 0. The topological polar surface area (TPSA) is 34.7 Å². The molecule has 3 heterocycles. The van der Waals surface area contributed by atoms with E-state index >= 15 is 0 Å². The van der Waals surface area contributed by atoms with E-state index in [2.05, 4.69) is 67.1 Å². The molecule has 1 aromatic carbocycles. The van der Waals surface area contributed by atoms with Crippen LogP contribution in [0.5, 0.6) is 5.75 Å². The van der Waals surface area contributed by atoms with Crippen molar-refractivity contribution < 1.29 is 4.74 Å². The standard InChI is InChI=1S/C25H30N4O/c1-15-12-21(30-7)13-16(2)24(15)29-19(5)18(4)23-22(14-17(3)27-25(23)29)28-10-8-20(26-6)9-11-28/h12-14,20H,8-11H2,1-5,7H3. The van der Waals surface area contributed by atoms with Gasteiger partial charge in [0.15, 0.2) is 0 Å². The molecular formula is C25H30N4O. The molecule has 156 valence electrons. The summed E-state index contributed by atoms with van der Waals surface area (Å²) in [6, 6.07) is 6.56. The molecule has 1 aliphatic heterocycles. The Morgan fingerprint density at radius 2 is 1.67 bits per heavy atom. The molecule has 0 saturated carbocycles. The lowest BCUT2D eigenvalue weighted by Gasteiger charge is -2.30. The molecule has 1 fully saturated rings. The molecule has 5 heteroatoms. The fourth-order valence-corrected chi connectivity index (χ4v) is 4.81. The van der Waals surface area contributed by atoms with Gasteiger partial charge in [-0.05, 0) is 69.5 Å². The Balaban J connectivity index is 1.94. The van der Waals surface area contributed by atoms with Crippen molar-refractivity contribution in [2.24, 2.45) is 0 Å². The largest absolute Gasteiger partial charge is 0.497 e. The Labute approximate surface area is 179 Å². The van der Waals surface area contributed by atoms with Gasteiger partial charge in [0, 0.05) is 48.4 Å². The first-order chi connectivity index (χ1) is 14.3. The maximum atomic E-state index is 7.35. The molecule has 5 nitrogen and oxygen atoms in total. The highest BCUT2D eigenvalue weighted by molar-refractivity contribution is 5.96. The number of hydrogen-bond acceptors (Lipinski definition) is 3. The molecule has 1 aliphatic rings. The van der Waals surface area contributed by atoms with E-state index in [1.54, 1.807) is 7.11 Å². The maximum Gasteiger partial charge on any atom is 0.227 e. The third-order valence-corrected chi connectivity index (χ3v) is 6.48. The molecule has 1 saturated heterocycles. The number of benzene rings is 1. The first-order valence-corrected chi connectivity index (χ1v) is 10.6. The monoisotopic (exact) mass is 402 g/mol. The zero-order valence-electron chi connectivity index (χ0n) is 18.8. The van der Waals surface area contributed by atoms with Crippen LogP contribution in [0, 0.1) is 41.2 Å². The van der Waals surface area contributed by atoms with Crippen LogP contribution in [0.2, 0.25) is 0 Å². The van der Waals surface area contributed by atoms with Crippen LogP contribution >= 0.6 is 0 Å². The highest BCUT2D eigenvalue weighted by atomic mass is 16.5. The van der Waals surface area contributed by atoms with Gasteiger partial charge in [-0.15, -0.1) is 0 Å². The number of nitrogens with zero attached hydrogens (tertiary/aromatic N) is 4. The number of aromatic nitrogens is 2. The van der Waals surface area contributed by atoms with Crippen molar-refractivity contribution in [3.05, 3.63) is 57.7 Å². The van der Waals surface area contributed by atoms with E-state index in [1.165, 1.54) is 39.1 Å². The third-order valence-electron chi connectivity index (χ3n) is 6.48. The third kappa shape index (κ3) is 3.21. The molecule has 0 bridgehead atoms. The number of rotatable bonds is 3. The van der Waals surface area contributed by atoms with Gasteiger partial charge in [0.05, 0.1) is 12.8 Å². The molecule has 0 unspecified atom stereocenters. The van der Waals surface area contributed by atoms with E-state index in [0.29, 0.717) is 0 Å². The Morgan fingerprint density at radius 1 is 1.03 bits per heavy atom. The van der Waals surface area contributed by atoms with Crippen LogP contribution in [0.25, 0.3) is 21.6 Å². The Morgan fingerprint density at radius 3 is 2.23 bits per heavy atom. The van der Waals surface area contributed by atoms with Gasteiger partial charge in [0.25, 0.3) is 0 Å². The zero-order chi connectivity index (χ0) is 21.6. The van der Waals surface area contributed by atoms with Crippen molar-refractivity contribution in [1.29, 1.82) is 0 Å². The average Bonchev–Trinajstić information content (AvgIpc) is 2.97. The van der Waals surface area contributed by atoms with Crippen molar-refractivity contribution in [2.45, 2.75) is 53.5 Å². The molecule has 2 aromatic heterocycles. The summed E-state index contributed by atoms with van der Waals surface area (Å²) in [7, 11) is 1.71. The van der Waals surface area contributed by atoms with Crippen molar-refractivity contribution in [1.82, 2.24) is 9.55 Å². The van der Waals surface area contributed by atoms with Crippen LogP contribution < -0.4 is 9.64 Å². The highest BCUT2D eigenvalue weighted by Crippen LogP contribution is 2.38. The van der Waals surface area contributed by atoms with Crippen LogP contribution in [0.15, 0.2) is 18.2 Å². The second kappa shape index (κ2) is 7.68. The van der Waals surface area contributed by atoms with Crippen molar-refractivity contribution in [3.8, 4) is 11.4 Å². The van der Waals surface area contributed by atoms with Crippen molar-refractivity contribution >= 4 is 16.7 Å². The Hall–Kier alpha value is -3.00. The van der Waals surface area contributed by atoms with Gasteiger partial charge in [-0.25, -0.2) is 11.6 Å². The molecule has 3 aromatic rings. The van der Waals surface area contributed by atoms with E-state index in [0.717, 1.165) is 43.0 Å². The quantitative estimate of drug-likeness (QED) is 0.545. The summed E-state index contributed by atoms with van der Waals surface area (Å²) < 4.78 is 7.79. The van der Waals surface area contributed by atoms with E-state index in [-0.39, 0.29) is 6.04 Å². The summed E-state index contributed by atoms with van der Waals surface area (Å²) in [6.45, 7) is 19.9. The molecule has 0 aliphatic carbocycles. The Bertz CT molecular complexity index is 1140. The SMILES string of the molecule is [C-]#[N+]C1CCN(c2cc(C)nc3c2c(C)c(C)n3-c2c(C)cc(OC)cc2C)CC1. The van der Waals surface area contributed by atoms with Gasteiger partial charge in [0.2, 0.25) is 6.04 Å². The number of aryl methyl sites for hydroxylation is 4. The minimum absolute atomic E-state index is 0.164. The summed E-state index contributed by atoms with van der Waals surface area (Å²) in [5.41, 5.74) is 9.32. The summed E-state index contributed by atoms with van der Waals surface area (Å²) in [5.74, 6) is 0.882. The summed E-state index contributed by atoms with van der Waals surface area (Å²) in [6.07, 6.45) is 1.86. The minimum atomic E-state index is 0.164. The molecule has 0 amide bonds. The van der Waals surface area contributed by atoms with Crippen molar-refractivity contribution in [2.75, 3.05) is 25.1 Å². The number of pyridine rings is 1. The molecule has 30 heavy (non-hydrogen) atoms. The van der Waals surface area contributed by atoms with Crippen LogP contribution in [0.1, 0.15) is 40.9 Å². The molecular weight excluding hydrogens is 372 g/mol. The molecule has 0 radical (unpaired) electrons. The summed E-state index contributed by atoms with van der Waals surface area (Å²) >= 11 is 0. The molecule has 0 N–H and O–H groups in total. The van der Waals surface area contributed by atoms with E-state index in [4.69, 9.17) is 16.3 Å². The maximum absolute atomic E-state index is 7.35. The van der Waals surface area contributed by atoms with Gasteiger partial charge in [-0.1, -0.05) is 0 Å². The predicted octanol–water partition coefficient (Wildman–Crippen LogP) is 5.46. The van der Waals surface area contributed by atoms with Crippen LogP contribution in [-0.4, -0.2) is 35.8 Å². The summed E-state index contributed by atoms with van der Waals surface area (Å²) in [4.78, 5) is 11.2. The first-order valence-electron chi connectivity index (χ1n) is 10.6. The number of methoxy groups -OCH3 is 1. The number of anilines is 1. The number of ether oxygens (including phenoxy) is 1. The van der Waals surface area contributed by atoms with Crippen LogP contribution in [-0.2, 0) is 0 Å². The molecule has 0 atom stereocenters. The normalized spacial score (nSPS) is 14.9. The average molecular weight is 403 g/mol. The van der Waals surface area contributed by atoms with Crippen molar-refractivity contribution in [3.63, 3.8) is 0 Å². The lowest BCUT2D eigenvalue weighted by atomic mass is 10.0. The first kappa shape index (κ1) is 20.3. The molecule has 4 rings (SSSR count). The van der Waals surface area contributed by atoms with Gasteiger partial charge >= 0.3 is 0 Å². The fraction of sp³-hybridized carbons (Fsp3) is 0.440. The lowest BCUT2D eigenvalue weighted by Crippen LogP contribution is -2.35. The van der Waals surface area contributed by atoms with Crippen LogP contribution in [0.3, 0.4) is 0 Å². The lowest BCUT2D eigenvalue weighted by molar-refractivity contribution is 0.414. The van der Waals surface area contributed by atoms with Gasteiger partial charge in [0.1, 0.15) is 11.4 Å². The van der Waals surface area contributed by atoms with Gasteiger partial charge in [-0.3, -0.25) is 4.57 Å². The van der Waals surface area contributed by atoms with Gasteiger partial charge in [-0.2, -0.15) is 0 Å². The van der Waals surface area contributed by atoms with Gasteiger partial charge < -0.3 is 14.5 Å². The van der Waals surface area contributed by atoms with E-state index in [9.17, 15) is 0 Å². The molecule has 0 spiro atoms. The second-order valence-corrected chi connectivity index (χ2v) is 8.48. The Kier molecular flexibility index (Phi) is 5.19. The highest BCUT2D eigenvalue weighted by Gasteiger charge is 2.27. The second-order valence-electron chi connectivity index (χ2n) is 8.48. The van der Waals surface area contributed by atoms with E-state index in [1.807, 2.05) is 0 Å². The number of fused-ring (bicyclic) bond motifs is 1. The smallest absolute Gasteiger partial charge is 0.227 e. The fourth-order valence-electron chi connectivity index (χ4n) is 4.81. The zero-order valence-corrected chi connectivity index (χ0v) is 18.8. The summed E-state index contributed by atoms with van der Waals surface area (Å²) in [5, 5.41) is 1.23. The number of piperidine rings is 1. The predicted molar refractivity (Wildman–Crippen MR) is 123 cm³/mol. The van der Waals surface area contributed by atoms with E-state index < -0.39 is 0 Å². The van der Waals surface area contributed by atoms with Crippen LogP contribution in [0.4, 0.5) is 5.69 Å².